The molecule has 2 aromatic heterocycles. The number of benzene rings is 1. The molecule has 0 amide bonds. The van der Waals surface area contributed by atoms with Gasteiger partial charge in [0.15, 0.2) is 0 Å². The standard InChI is InChI=1S/C14H11BrN4O/c1-16-13-12(15)14(19-8-18-13)20-10-5-4-9-3-2-6-17-11(9)7-10/h2-8H,1H3,(H,16,18,19). The quantitative estimate of drug-likeness (QED) is 0.794. The molecule has 1 N–H and O–H groups in total. The van der Waals surface area contributed by atoms with Crippen LogP contribution in [0.25, 0.3) is 10.9 Å². The molecule has 0 atom stereocenters. The van der Waals surface area contributed by atoms with E-state index in [4.69, 9.17) is 4.74 Å². The fraction of sp³-hybridized carbons (Fsp3) is 0.0714. The average Bonchev–Trinajstić information content (AvgIpc) is 2.49. The Kier molecular flexibility index (Phi) is 3.47. The Labute approximate surface area is 124 Å². The molecule has 6 heteroatoms. The molecule has 0 bridgehead atoms. The first kappa shape index (κ1) is 12.8. The van der Waals surface area contributed by atoms with Gasteiger partial charge in [-0.1, -0.05) is 6.07 Å². The first-order valence-electron chi connectivity index (χ1n) is 5.99. The van der Waals surface area contributed by atoms with Crippen LogP contribution < -0.4 is 10.1 Å². The number of hydrogen-bond donors (Lipinski definition) is 1. The highest BCUT2D eigenvalue weighted by atomic mass is 79.9. The van der Waals surface area contributed by atoms with E-state index in [0.717, 1.165) is 10.9 Å². The minimum Gasteiger partial charge on any atom is -0.438 e. The van der Waals surface area contributed by atoms with E-state index in [0.29, 0.717) is 21.9 Å². The molecule has 3 aromatic rings. The fourth-order valence-corrected chi connectivity index (χ4v) is 2.30. The molecular formula is C14H11BrN4O. The maximum atomic E-state index is 5.78. The summed E-state index contributed by atoms with van der Waals surface area (Å²) in [6.07, 6.45) is 3.21. The SMILES string of the molecule is CNc1ncnc(Oc2ccc3cccnc3c2)c1Br. The van der Waals surface area contributed by atoms with Gasteiger partial charge >= 0.3 is 0 Å². The maximum absolute atomic E-state index is 5.78. The Morgan fingerprint density at radius 2 is 2.05 bits per heavy atom. The lowest BCUT2D eigenvalue weighted by atomic mass is 10.2. The number of nitrogens with one attached hydrogen (secondary N) is 1. The molecule has 0 aliphatic carbocycles. The molecule has 0 fully saturated rings. The highest BCUT2D eigenvalue weighted by Gasteiger charge is 2.10. The minimum absolute atomic E-state index is 0.458. The summed E-state index contributed by atoms with van der Waals surface area (Å²) in [5, 5.41) is 4.03. The van der Waals surface area contributed by atoms with Crippen LogP contribution in [0, 0.1) is 0 Å². The fourth-order valence-electron chi connectivity index (χ4n) is 1.82. The van der Waals surface area contributed by atoms with Gasteiger partial charge in [0.25, 0.3) is 0 Å². The van der Waals surface area contributed by atoms with Crippen molar-refractivity contribution in [2.45, 2.75) is 0 Å². The molecule has 0 saturated carbocycles. The van der Waals surface area contributed by atoms with Gasteiger partial charge in [-0.15, -0.1) is 0 Å². The molecule has 2 heterocycles. The highest BCUT2D eigenvalue weighted by molar-refractivity contribution is 9.10. The zero-order valence-electron chi connectivity index (χ0n) is 10.7. The zero-order valence-corrected chi connectivity index (χ0v) is 12.3. The zero-order chi connectivity index (χ0) is 13.9. The summed E-state index contributed by atoms with van der Waals surface area (Å²) < 4.78 is 6.47. The van der Waals surface area contributed by atoms with Gasteiger partial charge in [-0.25, -0.2) is 9.97 Å². The van der Waals surface area contributed by atoms with Crippen molar-refractivity contribution >= 4 is 32.7 Å². The third-order valence-electron chi connectivity index (χ3n) is 2.79. The number of ether oxygens (including phenoxy) is 1. The Balaban J connectivity index is 1.97. The molecule has 0 radical (unpaired) electrons. The van der Waals surface area contributed by atoms with Crippen LogP contribution in [0.15, 0.2) is 47.3 Å². The summed E-state index contributed by atoms with van der Waals surface area (Å²) >= 11 is 3.42. The van der Waals surface area contributed by atoms with Crippen LogP contribution in [0.4, 0.5) is 5.82 Å². The monoisotopic (exact) mass is 330 g/mol. The number of nitrogens with zero attached hydrogens (tertiary/aromatic N) is 3. The van der Waals surface area contributed by atoms with Gasteiger partial charge in [0, 0.05) is 24.7 Å². The van der Waals surface area contributed by atoms with Crippen molar-refractivity contribution in [1.82, 2.24) is 15.0 Å². The topological polar surface area (TPSA) is 59.9 Å². The first-order chi connectivity index (χ1) is 9.78. The van der Waals surface area contributed by atoms with Crippen LogP contribution in [0.5, 0.6) is 11.6 Å². The number of rotatable bonds is 3. The van der Waals surface area contributed by atoms with E-state index < -0.39 is 0 Å². The van der Waals surface area contributed by atoms with Crippen molar-refractivity contribution in [3.8, 4) is 11.6 Å². The Morgan fingerprint density at radius 3 is 2.90 bits per heavy atom. The van der Waals surface area contributed by atoms with Crippen molar-refractivity contribution in [3.05, 3.63) is 47.3 Å². The lowest BCUT2D eigenvalue weighted by Crippen LogP contribution is -1.97. The smallest absolute Gasteiger partial charge is 0.238 e. The van der Waals surface area contributed by atoms with Crippen LogP contribution in [-0.4, -0.2) is 22.0 Å². The third kappa shape index (κ3) is 2.42. The third-order valence-corrected chi connectivity index (χ3v) is 3.50. The number of anilines is 1. The first-order valence-corrected chi connectivity index (χ1v) is 6.78. The predicted octanol–water partition coefficient (Wildman–Crippen LogP) is 3.62. The molecule has 0 saturated heterocycles. The molecule has 20 heavy (non-hydrogen) atoms. The Bertz CT molecular complexity index is 763. The van der Waals surface area contributed by atoms with E-state index in [1.807, 2.05) is 30.3 Å². The van der Waals surface area contributed by atoms with Crippen molar-refractivity contribution in [3.63, 3.8) is 0 Å². The summed E-state index contributed by atoms with van der Waals surface area (Å²) in [5.41, 5.74) is 0.879. The number of fused-ring (bicyclic) bond motifs is 1. The van der Waals surface area contributed by atoms with E-state index in [-0.39, 0.29) is 0 Å². The van der Waals surface area contributed by atoms with Gasteiger partial charge in [-0.05, 0) is 34.1 Å². The van der Waals surface area contributed by atoms with Gasteiger partial charge in [-0.3, -0.25) is 4.98 Å². The summed E-state index contributed by atoms with van der Waals surface area (Å²) in [5.74, 6) is 1.81. The van der Waals surface area contributed by atoms with Crippen LogP contribution in [0.1, 0.15) is 0 Å². The minimum atomic E-state index is 0.458. The van der Waals surface area contributed by atoms with Crippen molar-refractivity contribution in [2.24, 2.45) is 0 Å². The van der Waals surface area contributed by atoms with E-state index in [9.17, 15) is 0 Å². The normalized spacial score (nSPS) is 10.5. The van der Waals surface area contributed by atoms with E-state index in [1.165, 1.54) is 6.33 Å². The molecule has 0 spiro atoms. The summed E-state index contributed by atoms with van der Waals surface area (Å²) in [4.78, 5) is 12.5. The Morgan fingerprint density at radius 1 is 1.15 bits per heavy atom. The van der Waals surface area contributed by atoms with Gasteiger partial charge in [0.05, 0.1) is 5.52 Å². The molecule has 0 aliphatic rings. The number of halogens is 1. The lowest BCUT2D eigenvalue weighted by Gasteiger charge is -2.09. The second-order valence-corrected chi connectivity index (χ2v) is 4.84. The van der Waals surface area contributed by atoms with Gasteiger partial charge in [-0.2, -0.15) is 0 Å². The van der Waals surface area contributed by atoms with Crippen LogP contribution >= 0.6 is 15.9 Å². The Hall–Kier alpha value is -2.21. The second kappa shape index (κ2) is 5.42. The van der Waals surface area contributed by atoms with Gasteiger partial charge in [0.1, 0.15) is 22.4 Å². The average molecular weight is 331 g/mol. The maximum Gasteiger partial charge on any atom is 0.238 e. The van der Waals surface area contributed by atoms with Crippen molar-refractivity contribution in [2.75, 3.05) is 12.4 Å². The molecule has 5 nitrogen and oxygen atoms in total. The summed E-state index contributed by atoms with van der Waals surface area (Å²) in [6.45, 7) is 0. The van der Waals surface area contributed by atoms with Crippen LogP contribution in [0.3, 0.4) is 0 Å². The van der Waals surface area contributed by atoms with Gasteiger partial charge < -0.3 is 10.1 Å². The number of pyridine rings is 1. The molecule has 100 valence electrons. The van der Waals surface area contributed by atoms with Crippen LogP contribution in [-0.2, 0) is 0 Å². The van der Waals surface area contributed by atoms with E-state index in [1.54, 1.807) is 13.2 Å². The van der Waals surface area contributed by atoms with Crippen LogP contribution in [0.2, 0.25) is 0 Å². The summed E-state index contributed by atoms with van der Waals surface area (Å²) in [7, 11) is 1.79. The highest BCUT2D eigenvalue weighted by Crippen LogP contribution is 2.32. The largest absolute Gasteiger partial charge is 0.438 e. The van der Waals surface area contributed by atoms with Crippen molar-refractivity contribution < 1.29 is 4.74 Å². The summed E-state index contributed by atoms with van der Waals surface area (Å²) in [6, 6.07) is 9.64. The van der Waals surface area contributed by atoms with Crippen molar-refractivity contribution in [1.29, 1.82) is 0 Å². The van der Waals surface area contributed by atoms with E-state index >= 15 is 0 Å². The van der Waals surface area contributed by atoms with E-state index in [2.05, 4.69) is 36.2 Å². The second-order valence-electron chi connectivity index (χ2n) is 4.05. The predicted molar refractivity (Wildman–Crippen MR) is 81.1 cm³/mol. The van der Waals surface area contributed by atoms with Gasteiger partial charge in [0.2, 0.25) is 5.88 Å². The molecule has 0 unspecified atom stereocenters. The molecule has 0 aliphatic heterocycles. The molecule has 1 aromatic carbocycles. The number of aromatic nitrogens is 3. The molecular weight excluding hydrogens is 320 g/mol. The number of hydrogen-bond acceptors (Lipinski definition) is 5. The molecule has 3 rings (SSSR count). The lowest BCUT2D eigenvalue weighted by molar-refractivity contribution is 0.459.